The summed E-state index contributed by atoms with van der Waals surface area (Å²) in [5.74, 6) is -0.354. The second kappa shape index (κ2) is 37.6. The highest BCUT2D eigenvalue weighted by atomic mass is 31.2. The summed E-state index contributed by atoms with van der Waals surface area (Å²) in [6.07, 6.45) is 42.9. The lowest BCUT2D eigenvalue weighted by Gasteiger charge is -2.28. The first-order valence-electron chi connectivity index (χ1n) is 21.7. The molecule has 0 heterocycles. The molecule has 0 saturated heterocycles. The van der Waals surface area contributed by atoms with E-state index in [4.69, 9.17) is 18.5 Å². The van der Waals surface area contributed by atoms with Crippen molar-refractivity contribution in [2.45, 2.75) is 187 Å². The van der Waals surface area contributed by atoms with E-state index in [0.29, 0.717) is 17.6 Å². The zero-order valence-electron chi connectivity index (χ0n) is 35.2. The average molecular weight is 770 g/mol. The van der Waals surface area contributed by atoms with Crippen molar-refractivity contribution < 1.29 is 37.3 Å². The molecule has 1 unspecified atom stereocenters. The second-order valence-corrected chi connectivity index (χ2v) is 17.1. The molecule has 9 heteroatoms. The average Bonchev–Trinajstić information content (AvgIpc) is 3.11. The summed E-state index contributed by atoms with van der Waals surface area (Å²) in [6.45, 7) is 5.37. The fraction of sp³-hybridized carbons (Fsp3) is 0.841. The number of allylic oxidation sites excluding steroid dienone is 6. The van der Waals surface area contributed by atoms with Crippen LogP contribution in [0.15, 0.2) is 36.5 Å². The molecule has 0 N–H and O–H groups in total. The number of phosphoric ester groups is 1. The van der Waals surface area contributed by atoms with E-state index in [1.165, 1.54) is 103 Å². The van der Waals surface area contributed by atoms with Gasteiger partial charge in [0.25, 0.3) is 7.82 Å². The lowest BCUT2D eigenvalue weighted by atomic mass is 10.0. The van der Waals surface area contributed by atoms with Gasteiger partial charge >= 0.3 is 5.97 Å². The quantitative estimate of drug-likeness (QED) is 0.0201. The van der Waals surface area contributed by atoms with Gasteiger partial charge in [0.15, 0.2) is 0 Å². The number of quaternary nitrogens is 1. The van der Waals surface area contributed by atoms with Gasteiger partial charge < -0.3 is 27.9 Å². The third-order valence-electron chi connectivity index (χ3n) is 9.19. The molecule has 312 valence electrons. The van der Waals surface area contributed by atoms with Crippen molar-refractivity contribution >= 4 is 13.8 Å². The maximum absolute atomic E-state index is 12.7. The van der Waals surface area contributed by atoms with Crippen LogP contribution in [0.1, 0.15) is 181 Å². The fourth-order valence-corrected chi connectivity index (χ4v) is 6.52. The Balaban J connectivity index is 4.29. The normalized spacial score (nSPS) is 14.2. The third-order valence-corrected chi connectivity index (χ3v) is 10.2. The van der Waals surface area contributed by atoms with Gasteiger partial charge in [0.1, 0.15) is 19.3 Å². The Hall–Kier alpha value is -1.28. The van der Waals surface area contributed by atoms with Crippen molar-refractivity contribution in [3.8, 4) is 0 Å². The summed E-state index contributed by atoms with van der Waals surface area (Å²) in [5, 5.41) is 0. The first kappa shape index (κ1) is 51.7. The molecular formula is C44H84NO7P. The van der Waals surface area contributed by atoms with E-state index < -0.39 is 13.9 Å². The van der Waals surface area contributed by atoms with E-state index in [1.807, 2.05) is 21.1 Å². The smallest absolute Gasteiger partial charge is 0.306 e. The maximum atomic E-state index is 12.7. The summed E-state index contributed by atoms with van der Waals surface area (Å²) in [6, 6.07) is 0. The van der Waals surface area contributed by atoms with Crippen LogP contribution in [0.5, 0.6) is 0 Å². The fourth-order valence-electron chi connectivity index (χ4n) is 5.79. The Morgan fingerprint density at radius 3 is 1.58 bits per heavy atom. The van der Waals surface area contributed by atoms with E-state index in [9.17, 15) is 14.3 Å². The van der Waals surface area contributed by atoms with E-state index in [2.05, 4.69) is 50.3 Å². The van der Waals surface area contributed by atoms with E-state index in [1.54, 1.807) is 0 Å². The number of nitrogens with zero attached hydrogens (tertiary/aromatic N) is 1. The number of rotatable bonds is 40. The molecule has 0 spiro atoms. The first-order valence-corrected chi connectivity index (χ1v) is 23.2. The largest absolute Gasteiger partial charge is 0.756 e. The Kier molecular flexibility index (Phi) is 36.7. The lowest BCUT2D eigenvalue weighted by molar-refractivity contribution is -0.870. The van der Waals surface area contributed by atoms with E-state index in [-0.39, 0.29) is 32.2 Å². The van der Waals surface area contributed by atoms with E-state index >= 15 is 0 Å². The summed E-state index contributed by atoms with van der Waals surface area (Å²) in [5.41, 5.74) is 0. The zero-order valence-corrected chi connectivity index (χ0v) is 36.1. The number of esters is 1. The van der Waals surface area contributed by atoms with Gasteiger partial charge in [-0.1, -0.05) is 159 Å². The number of ether oxygens (including phenoxy) is 2. The van der Waals surface area contributed by atoms with Crippen molar-refractivity contribution in [3.63, 3.8) is 0 Å². The van der Waals surface area contributed by atoms with Crippen molar-refractivity contribution in [3.05, 3.63) is 36.5 Å². The van der Waals surface area contributed by atoms with Gasteiger partial charge in [-0.2, -0.15) is 0 Å². The van der Waals surface area contributed by atoms with Gasteiger partial charge in [-0.3, -0.25) is 9.36 Å². The lowest BCUT2D eigenvalue weighted by Crippen LogP contribution is -2.37. The topological polar surface area (TPSA) is 94.1 Å². The Labute approximate surface area is 327 Å². The van der Waals surface area contributed by atoms with Crippen LogP contribution in [-0.2, 0) is 27.9 Å². The molecule has 8 nitrogen and oxygen atoms in total. The van der Waals surface area contributed by atoms with Gasteiger partial charge in [0.05, 0.1) is 34.4 Å². The van der Waals surface area contributed by atoms with Crippen LogP contribution in [0, 0.1) is 0 Å². The number of carbonyl (C=O) groups excluding carboxylic acids is 1. The molecule has 0 aromatic rings. The van der Waals surface area contributed by atoms with Crippen LogP contribution in [-0.4, -0.2) is 70.7 Å². The molecule has 0 fully saturated rings. The molecule has 0 bridgehead atoms. The number of hydrogen-bond acceptors (Lipinski definition) is 7. The van der Waals surface area contributed by atoms with Crippen LogP contribution in [0.2, 0.25) is 0 Å². The third kappa shape index (κ3) is 41.7. The molecule has 0 rings (SSSR count). The number of carbonyl (C=O) groups is 1. The number of phosphoric acid groups is 1. The Morgan fingerprint density at radius 1 is 0.585 bits per heavy atom. The van der Waals surface area contributed by atoms with Crippen LogP contribution < -0.4 is 4.89 Å². The standard InChI is InChI=1S/C44H84NO7P/c1-6-8-10-12-14-16-18-20-22-23-24-25-27-29-31-33-35-37-44(46)52-43(42-51-53(47,48)50-40-38-45(3,4)5)41-49-39-36-34-32-30-28-26-21-19-17-15-13-11-9-7-2/h14,16,20,22,24-25,43H,6-13,15,17-19,21,23,26-42H2,1-5H3/b16-14?,22-20?,25-24-/t43-/m1/s1. The molecule has 0 amide bonds. The first-order chi connectivity index (χ1) is 25.6. The minimum atomic E-state index is -4.53. The highest BCUT2D eigenvalue weighted by molar-refractivity contribution is 7.45. The minimum Gasteiger partial charge on any atom is -0.756 e. The predicted molar refractivity (Wildman–Crippen MR) is 222 cm³/mol. The monoisotopic (exact) mass is 770 g/mol. The highest BCUT2D eigenvalue weighted by Gasteiger charge is 2.20. The molecule has 0 aromatic carbocycles. The molecule has 0 aliphatic rings. The molecule has 0 aliphatic heterocycles. The van der Waals surface area contributed by atoms with Crippen LogP contribution >= 0.6 is 7.82 Å². The van der Waals surface area contributed by atoms with Crippen molar-refractivity contribution in [2.24, 2.45) is 0 Å². The molecule has 0 aromatic heterocycles. The minimum absolute atomic E-state index is 0.0221. The summed E-state index contributed by atoms with van der Waals surface area (Å²) >= 11 is 0. The zero-order chi connectivity index (χ0) is 39.1. The van der Waals surface area contributed by atoms with Crippen LogP contribution in [0.3, 0.4) is 0 Å². The van der Waals surface area contributed by atoms with Crippen molar-refractivity contribution in [1.82, 2.24) is 0 Å². The predicted octanol–water partition coefficient (Wildman–Crippen LogP) is 12.0. The highest BCUT2D eigenvalue weighted by Crippen LogP contribution is 2.38. The maximum Gasteiger partial charge on any atom is 0.306 e. The van der Waals surface area contributed by atoms with Crippen molar-refractivity contribution in [2.75, 3.05) is 54.1 Å². The van der Waals surface area contributed by atoms with Crippen LogP contribution in [0.25, 0.3) is 0 Å². The van der Waals surface area contributed by atoms with Gasteiger partial charge in [0.2, 0.25) is 0 Å². The number of hydrogen-bond donors (Lipinski definition) is 0. The Bertz CT molecular complexity index is 947. The summed E-state index contributed by atoms with van der Waals surface area (Å²) < 4.78 is 34.5. The molecule has 0 saturated carbocycles. The van der Waals surface area contributed by atoms with Gasteiger partial charge in [-0.25, -0.2) is 0 Å². The van der Waals surface area contributed by atoms with E-state index in [0.717, 1.165) is 57.8 Å². The SMILES string of the molecule is CCCCCC=CCC=CC/C=C\CCCCCCC(=O)O[C@H](COCCCCCCCCCCCCCCCC)COP(=O)([O-])OCC[N+](C)(C)C. The molecule has 0 aliphatic carbocycles. The molecule has 53 heavy (non-hydrogen) atoms. The van der Waals surface area contributed by atoms with Gasteiger partial charge in [-0.15, -0.1) is 0 Å². The number of unbranched alkanes of at least 4 members (excludes halogenated alkanes) is 20. The number of likely N-dealkylation sites (N-methyl/N-ethyl adjacent to an activating group) is 1. The Morgan fingerprint density at radius 2 is 1.04 bits per heavy atom. The second-order valence-electron chi connectivity index (χ2n) is 15.7. The van der Waals surface area contributed by atoms with Crippen molar-refractivity contribution in [1.29, 1.82) is 0 Å². The molecule has 2 atom stereocenters. The summed E-state index contributed by atoms with van der Waals surface area (Å²) in [7, 11) is 1.34. The van der Waals surface area contributed by atoms with Gasteiger partial charge in [0, 0.05) is 13.0 Å². The molecular weight excluding hydrogens is 685 g/mol. The van der Waals surface area contributed by atoms with Gasteiger partial charge in [-0.05, 0) is 51.4 Å². The summed E-state index contributed by atoms with van der Waals surface area (Å²) in [4.78, 5) is 25.0. The molecule has 0 radical (unpaired) electrons. The van der Waals surface area contributed by atoms with Crippen LogP contribution in [0.4, 0.5) is 0 Å².